The van der Waals surface area contributed by atoms with Crippen LogP contribution < -0.4 is 10.1 Å². The number of hydrogen-bond acceptors (Lipinski definition) is 9. The summed E-state index contributed by atoms with van der Waals surface area (Å²) in [6.45, 7) is 6.82. The van der Waals surface area contributed by atoms with Crippen LogP contribution in [0.2, 0.25) is 0 Å². The molecule has 5 rings (SSSR count). The highest BCUT2D eigenvalue weighted by Crippen LogP contribution is 2.57. The molecule has 1 atom stereocenters. The predicted molar refractivity (Wildman–Crippen MR) is 134 cm³/mol. The third-order valence-corrected chi connectivity index (χ3v) is 7.69. The zero-order chi connectivity index (χ0) is 27.5. The summed E-state index contributed by atoms with van der Waals surface area (Å²) in [4.78, 5) is 53.6. The molecule has 1 aromatic carbocycles. The third-order valence-electron chi connectivity index (χ3n) is 7.69. The van der Waals surface area contributed by atoms with Crippen molar-refractivity contribution >= 4 is 23.3 Å². The Hall–Kier alpha value is -4.34. The van der Waals surface area contributed by atoms with E-state index in [2.05, 4.69) is 5.32 Å². The summed E-state index contributed by atoms with van der Waals surface area (Å²) in [6, 6.07) is 3.20. The summed E-state index contributed by atoms with van der Waals surface area (Å²) < 4.78 is 11.0. The topological polar surface area (TPSA) is 146 Å². The molecule has 10 nitrogen and oxygen atoms in total. The van der Waals surface area contributed by atoms with E-state index >= 15 is 0 Å². The Labute approximate surface area is 218 Å². The number of likely N-dealkylation sites (tertiary alicyclic amines) is 1. The molecule has 1 unspecified atom stereocenters. The quantitative estimate of drug-likeness (QED) is 0.314. The Morgan fingerprint density at radius 1 is 1.13 bits per heavy atom. The number of nitrogens with zero attached hydrogens (tertiary/aromatic N) is 1. The lowest BCUT2D eigenvalue weighted by atomic mass is 9.70. The number of carbonyl (C=O) groups excluding carboxylic acids is 4. The molecule has 0 spiro atoms. The first kappa shape index (κ1) is 25.3. The SMILES string of the molecule is CC(=O)c1c(O)c(C)c(O)c2c1OC1=CC(=O)C(=C(C)NC3CCN(C(=O)c4ccco4)CC3)C(=O)C12C. The normalized spacial score (nSPS) is 22.4. The maximum atomic E-state index is 13.9. The van der Waals surface area contributed by atoms with Crippen molar-refractivity contribution in [1.29, 1.82) is 0 Å². The van der Waals surface area contributed by atoms with Crippen LogP contribution in [-0.2, 0) is 15.0 Å². The van der Waals surface area contributed by atoms with Crippen LogP contribution in [0.1, 0.15) is 65.7 Å². The van der Waals surface area contributed by atoms with Crippen LogP contribution in [0.4, 0.5) is 0 Å². The highest BCUT2D eigenvalue weighted by atomic mass is 16.5. The lowest BCUT2D eigenvalue weighted by molar-refractivity contribution is -0.123. The number of nitrogens with one attached hydrogen (secondary N) is 1. The van der Waals surface area contributed by atoms with Crippen LogP contribution in [0.25, 0.3) is 0 Å². The largest absolute Gasteiger partial charge is 0.507 e. The van der Waals surface area contributed by atoms with Crippen molar-refractivity contribution in [2.45, 2.75) is 52.0 Å². The summed E-state index contributed by atoms with van der Waals surface area (Å²) >= 11 is 0. The number of fused-ring (bicyclic) bond motifs is 3. The fraction of sp³-hybridized carbons (Fsp3) is 0.357. The number of piperidine rings is 1. The number of benzene rings is 1. The van der Waals surface area contributed by atoms with Gasteiger partial charge in [0.25, 0.3) is 5.91 Å². The van der Waals surface area contributed by atoms with Gasteiger partial charge >= 0.3 is 0 Å². The zero-order valence-electron chi connectivity index (χ0n) is 21.5. The van der Waals surface area contributed by atoms with Crippen LogP contribution in [0.3, 0.4) is 0 Å². The van der Waals surface area contributed by atoms with Gasteiger partial charge in [-0.25, -0.2) is 0 Å². The van der Waals surface area contributed by atoms with Crippen LogP contribution in [0.15, 0.2) is 45.9 Å². The lowest BCUT2D eigenvalue weighted by Gasteiger charge is -2.34. The minimum Gasteiger partial charge on any atom is -0.507 e. The van der Waals surface area contributed by atoms with Crippen molar-refractivity contribution in [2.24, 2.45) is 0 Å². The van der Waals surface area contributed by atoms with Gasteiger partial charge < -0.3 is 29.6 Å². The van der Waals surface area contributed by atoms with Gasteiger partial charge in [0.1, 0.15) is 34.0 Å². The molecule has 1 aromatic heterocycles. The van der Waals surface area contributed by atoms with E-state index in [0.29, 0.717) is 31.6 Å². The average molecular weight is 521 g/mol. The maximum Gasteiger partial charge on any atom is 0.289 e. The van der Waals surface area contributed by atoms with Crippen LogP contribution in [0, 0.1) is 6.92 Å². The maximum absolute atomic E-state index is 13.9. The van der Waals surface area contributed by atoms with E-state index in [0.717, 1.165) is 0 Å². The molecule has 198 valence electrons. The second kappa shape index (κ2) is 8.90. The lowest BCUT2D eigenvalue weighted by Crippen LogP contribution is -2.46. The Morgan fingerprint density at radius 2 is 1.82 bits per heavy atom. The molecule has 0 saturated carbocycles. The summed E-state index contributed by atoms with van der Waals surface area (Å²) in [7, 11) is 0. The van der Waals surface area contributed by atoms with Gasteiger partial charge in [0.15, 0.2) is 23.1 Å². The van der Waals surface area contributed by atoms with Gasteiger partial charge in [-0.1, -0.05) is 0 Å². The molecule has 38 heavy (non-hydrogen) atoms. The molecular formula is C28H28N2O8. The molecule has 1 amide bonds. The highest BCUT2D eigenvalue weighted by Gasteiger charge is 2.56. The van der Waals surface area contributed by atoms with E-state index in [1.165, 1.54) is 33.1 Å². The van der Waals surface area contributed by atoms with Gasteiger partial charge in [0.05, 0.1) is 17.4 Å². The molecule has 3 N–H and O–H groups in total. The number of hydrogen-bond donors (Lipinski definition) is 3. The molecule has 2 aromatic rings. The van der Waals surface area contributed by atoms with Crippen molar-refractivity contribution < 1.29 is 38.5 Å². The third kappa shape index (κ3) is 3.62. The number of phenols is 2. The molecule has 0 radical (unpaired) electrons. The number of rotatable bonds is 4. The highest BCUT2D eigenvalue weighted by molar-refractivity contribution is 6.31. The minimum atomic E-state index is -1.56. The van der Waals surface area contributed by atoms with Crippen molar-refractivity contribution in [3.05, 3.63) is 64.0 Å². The van der Waals surface area contributed by atoms with E-state index in [4.69, 9.17) is 9.15 Å². The average Bonchev–Trinajstić information content (AvgIpc) is 3.50. The number of ketones is 3. The molecule has 0 bridgehead atoms. The predicted octanol–water partition coefficient (Wildman–Crippen LogP) is 3.06. The smallest absolute Gasteiger partial charge is 0.289 e. The number of allylic oxidation sites excluding steroid dienone is 4. The van der Waals surface area contributed by atoms with Crippen LogP contribution in [0.5, 0.6) is 17.2 Å². The van der Waals surface area contributed by atoms with Gasteiger partial charge in [0, 0.05) is 36.5 Å². The van der Waals surface area contributed by atoms with E-state index in [-0.39, 0.29) is 57.2 Å². The van der Waals surface area contributed by atoms with Gasteiger partial charge in [-0.05, 0) is 52.7 Å². The minimum absolute atomic E-state index is 0.00778. The summed E-state index contributed by atoms with van der Waals surface area (Å²) in [6.07, 6.45) is 3.85. The molecule has 10 heteroatoms. The number of furan rings is 1. The molecule has 1 fully saturated rings. The number of carbonyl (C=O) groups is 4. The molecule has 1 saturated heterocycles. The van der Waals surface area contributed by atoms with Gasteiger partial charge in [-0.15, -0.1) is 0 Å². The second-order valence-electron chi connectivity index (χ2n) is 10.1. The Kier molecular flexibility index (Phi) is 5.93. The standard InChI is InChI=1S/C28H28N2O8/c1-13-23(33)21(15(3)31)25-22(24(13)34)28(4)19(38-25)12-17(32)20(26(28)35)14(2)29-16-7-9-30(10-8-16)27(36)18-6-5-11-37-18/h5-6,11-12,16,29,33-34H,7-10H2,1-4H3. The van der Waals surface area contributed by atoms with Crippen molar-refractivity contribution in [2.75, 3.05) is 13.1 Å². The summed E-state index contributed by atoms with van der Waals surface area (Å²) in [5, 5.41) is 24.7. The summed E-state index contributed by atoms with van der Waals surface area (Å²) in [5.41, 5.74) is -1.31. The van der Waals surface area contributed by atoms with E-state index in [1.54, 1.807) is 24.0 Å². The molecule has 1 aliphatic carbocycles. The van der Waals surface area contributed by atoms with Crippen molar-refractivity contribution in [3.8, 4) is 17.2 Å². The number of Topliss-reactive ketones (excluding diaryl/α,β-unsaturated/α-hetero) is 2. The van der Waals surface area contributed by atoms with E-state index in [9.17, 15) is 29.4 Å². The van der Waals surface area contributed by atoms with Crippen molar-refractivity contribution in [1.82, 2.24) is 10.2 Å². The fourth-order valence-electron chi connectivity index (χ4n) is 5.52. The number of phenolic OH excluding ortho intramolecular Hbond substituents is 2. The van der Waals surface area contributed by atoms with Crippen LogP contribution >= 0.6 is 0 Å². The monoisotopic (exact) mass is 520 g/mol. The first-order chi connectivity index (χ1) is 18.0. The number of amides is 1. The number of ether oxygens (including phenoxy) is 1. The number of aromatic hydroxyl groups is 2. The molecular weight excluding hydrogens is 492 g/mol. The van der Waals surface area contributed by atoms with Crippen molar-refractivity contribution in [3.63, 3.8) is 0 Å². The summed E-state index contributed by atoms with van der Waals surface area (Å²) in [5.74, 6) is -2.47. The van der Waals surface area contributed by atoms with Gasteiger partial charge in [-0.2, -0.15) is 0 Å². The van der Waals surface area contributed by atoms with E-state index < -0.39 is 28.5 Å². The Bertz CT molecular complexity index is 1460. The molecule has 3 heterocycles. The van der Waals surface area contributed by atoms with E-state index in [1.807, 2.05) is 0 Å². The Morgan fingerprint density at radius 3 is 2.42 bits per heavy atom. The first-order valence-electron chi connectivity index (χ1n) is 12.4. The van der Waals surface area contributed by atoms with Gasteiger partial charge in [0.2, 0.25) is 0 Å². The fourth-order valence-corrected chi connectivity index (χ4v) is 5.52. The molecule has 3 aliphatic rings. The van der Waals surface area contributed by atoms with Gasteiger partial charge in [-0.3, -0.25) is 19.2 Å². The Balaban J connectivity index is 1.44. The first-order valence-corrected chi connectivity index (χ1v) is 12.4. The molecule has 2 aliphatic heterocycles. The zero-order valence-corrected chi connectivity index (χ0v) is 21.5. The van der Waals surface area contributed by atoms with Crippen LogP contribution in [-0.4, -0.2) is 57.5 Å². The second-order valence-corrected chi connectivity index (χ2v) is 10.1.